The third-order valence-electron chi connectivity index (χ3n) is 5.51. The fraction of sp³-hybridized carbons (Fsp3) is 0.700. The zero-order valence-corrected chi connectivity index (χ0v) is 16.5. The largest absolute Gasteiger partial charge is 0.391 e. The number of benzene rings is 1. The summed E-state index contributed by atoms with van der Waals surface area (Å²) in [4.78, 5) is 2.42. The Labute approximate surface area is 157 Å². The lowest BCUT2D eigenvalue weighted by Gasteiger charge is -2.39. The highest BCUT2D eigenvalue weighted by Gasteiger charge is 2.42. The first-order valence-electron chi connectivity index (χ1n) is 9.48. The van der Waals surface area contributed by atoms with E-state index in [-0.39, 0.29) is 11.5 Å². The van der Waals surface area contributed by atoms with E-state index >= 15 is 0 Å². The van der Waals surface area contributed by atoms with Crippen LogP contribution in [0.2, 0.25) is 10.0 Å². The van der Waals surface area contributed by atoms with Crippen LogP contribution in [0, 0.1) is 0 Å². The molecule has 1 aromatic carbocycles. The first-order chi connectivity index (χ1) is 11.6. The highest BCUT2D eigenvalue weighted by molar-refractivity contribution is 6.42. The zero-order chi connectivity index (χ0) is 17.6. The van der Waals surface area contributed by atoms with Crippen LogP contribution in [0.4, 0.5) is 0 Å². The molecule has 0 spiro atoms. The molecule has 24 heavy (non-hydrogen) atoms. The van der Waals surface area contributed by atoms with Gasteiger partial charge in [0.25, 0.3) is 0 Å². The number of likely N-dealkylation sites (tertiary alicyclic amines) is 1. The zero-order valence-electron chi connectivity index (χ0n) is 15.0. The summed E-state index contributed by atoms with van der Waals surface area (Å²) in [6, 6.07) is 5.89. The second-order valence-electron chi connectivity index (χ2n) is 6.87. The molecular weight excluding hydrogens is 341 g/mol. The normalized spacial score (nSPS) is 21.9. The summed E-state index contributed by atoms with van der Waals surface area (Å²) in [6.07, 6.45) is 7.95. The molecule has 2 fully saturated rings. The minimum atomic E-state index is -0.328. The van der Waals surface area contributed by atoms with Crippen LogP contribution < -0.4 is 0 Å². The molecule has 0 amide bonds. The molecule has 136 valence electrons. The van der Waals surface area contributed by atoms with Crippen molar-refractivity contribution in [2.45, 2.75) is 70.3 Å². The third-order valence-corrected chi connectivity index (χ3v) is 6.25. The Kier molecular flexibility index (Phi) is 7.87. The highest BCUT2D eigenvalue weighted by Crippen LogP contribution is 2.45. The van der Waals surface area contributed by atoms with Gasteiger partial charge in [-0.1, -0.05) is 62.4 Å². The average Bonchev–Trinajstić information content (AvgIpc) is 3.11. The van der Waals surface area contributed by atoms with Crippen molar-refractivity contribution in [1.82, 2.24) is 4.90 Å². The number of nitrogens with zero attached hydrogens (tertiary/aromatic N) is 1. The van der Waals surface area contributed by atoms with Crippen LogP contribution in [0.5, 0.6) is 0 Å². The van der Waals surface area contributed by atoms with Crippen molar-refractivity contribution in [1.29, 1.82) is 0 Å². The van der Waals surface area contributed by atoms with Crippen molar-refractivity contribution in [2.75, 3.05) is 19.6 Å². The number of piperidine rings is 1. The summed E-state index contributed by atoms with van der Waals surface area (Å²) in [5, 5.41) is 12.2. The molecule has 1 aliphatic carbocycles. The van der Waals surface area contributed by atoms with Gasteiger partial charge in [-0.25, -0.2) is 0 Å². The first kappa shape index (κ1) is 20.0. The molecule has 2 aliphatic rings. The molecule has 2 nitrogen and oxygen atoms in total. The van der Waals surface area contributed by atoms with E-state index in [2.05, 4.69) is 11.0 Å². The van der Waals surface area contributed by atoms with Crippen molar-refractivity contribution in [2.24, 2.45) is 0 Å². The second kappa shape index (κ2) is 9.43. The summed E-state index contributed by atoms with van der Waals surface area (Å²) in [5.74, 6) is 0. The van der Waals surface area contributed by atoms with Crippen LogP contribution in [0.1, 0.15) is 64.4 Å². The second-order valence-corrected chi connectivity index (χ2v) is 7.68. The van der Waals surface area contributed by atoms with Crippen molar-refractivity contribution >= 4 is 23.2 Å². The average molecular weight is 372 g/mol. The maximum atomic E-state index is 11.0. The Hall–Kier alpha value is -0.280. The van der Waals surface area contributed by atoms with Gasteiger partial charge in [0.2, 0.25) is 0 Å². The smallest absolute Gasteiger partial charge is 0.0763 e. The van der Waals surface area contributed by atoms with E-state index in [0.717, 1.165) is 38.0 Å². The van der Waals surface area contributed by atoms with Gasteiger partial charge < -0.3 is 10.0 Å². The van der Waals surface area contributed by atoms with Gasteiger partial charge in [0.1, 0.15) is 0 Å². The van der Waals surface area contributed by atoms with Gasteiger partial charge in [-0.15, -0.1) is 0 Å². The molecule has 1 unspecified atom stereocenters. The standard InChI is InChI=1S/C18H25Cl2NO.C2H6/c19-15-7-6-14(12-16(15)20)18(8-2-3-9-18)17(22)13-21-10-4-1-5-11-21;1-2/h6-7,12,17,22H,1-5,8-11,13H2;1-2H3. The Morgan fingerprint density at radius 1 is 1.00 bits per heavy atom. The van der Waals surface area contributed by atoms with Crippen molar-refractivity contribution < 1.29 is 5.11 Å². The molecule has 0 bridgehead atoms. The quantitative estimate of drug-likeness (QED) is 0.735. The predicted molar refractivity (Wildman–Crippen MR) is 104 cm³/mol. The SMILES string of the molecule is CC.OC(CN1CCCCC1)C1(c2ccc(Cl)c(Cl)c2)CCCC1. The molecule has 4 heteroatoms. The van der Waals surface area contributed by atoms with Gasteiger partial charge in [0, 0.05) is 12.0 Å². The molecule has 1 aromatic rings. The summed E-state index contributed by atoms with van der Waals surface area (Å²) in [5.41, 5.74) is 1.01. The lowest BCUT2D eigenvalue weighted by Crippen LogP contribution is -2.46. The molecule has 0 aromatic heterocycles. The van der Waals surface area contributed by atoms with E-state index in [9.17, 15) is 5.11 Å². The molecule has 1 saturated heterocycles. The topological polar surface area (TPSA) is 23.5 Å². The van der Waals surface area contributed by atoms with Crippen LogP contribution in [0.3, 0.4) is 0 Å². The maximum Gasteiger partial charge on any atom is 0.0763 e. The van der Waals surface area contributed by atoms with Crippen LogP contribution >= 0.6 is 23.2 Å². The molecule has 1 N–H and O–H groups in total. The monoisotopic (exact) mass is 371 g/mol. The van der Waals surface area contributed by atoms with Crippen molar-refractivity contribution in [3.05, 3.63) is 33.8 Å². The Morgan fingerprint density at radius 2 is 1.62 bits per heavy atom. The van der Waals surface area contributed by atoms with Crippen LogP contribution in [-0.2, 0) is 5.41 Å². The van der Waals surface area contributed by atoms with Gasteiger partial charge in [0.05, 0.1) is 16.1 Å². The number of halogens is 2. The number of aliphatic hydroxyl groups is 1. The van der Waals surface area contributed by atoms with E-state index in [1.54, 1.807) is 0 Å². The van der Waals surface area contributed by atoms with E-state index in [1.165, 1.54) is 32.1 Å². The third kappa shape index (κ3) is 4.46. The Bertz CT molecular complexity index is 508. The Balaban J connectivity index is 0.00000100. The molecule has 0 radical (unpaired) electrons. The van der Waals surface area contributed by atoms with E-state index < -0.39 is 0 Å². The lowest BCUT2D eigenvalue weighted by atomic mass is 9.74. The molecular formula is C20H31Cl2NO. The molecule has 3 rings (SSSR count). The summed E-state index contributed by atoms with van der Waals surface area (Å²) in [6.45, 7) is 7.02. The van der Waals surface area contributed by atoms with Gasteiger partial charge in [-0.05, 0) is 56.5 Å². The molecule has 1 heterocycles. The first-order valence-corrected chi connectivity index (χ1v) is 10.2. The number of β-amino-alcohol motifs (C(OH)–C–C–N with tert-alkyl or cyclic N) is 1. The van der Waals surface area contributed by atoms with Crippen LogP contribution in [0.25, 0.3) is 0 Å². The van der Waals surface area contributed by atoms with Gasteiger partial charge in [0.15, 0.2) is 0 Å². The van der Waals surface area contributed by atoms with E-state index in [4.69, 9.17) is 23.2 Å². The summed E-state index contributed by atoms with van der Waals surface area (Å²) >= 11 is 12.3. The minimum Gasteiger partial charge on any atom is -0.391 e. The van der Waals surface area contributed by atoms with Gasteiger partial charge in [-0.3, -0.25) is 0 Å². The van der Waals surface area contributed by atoms with Crippen LogP contribution in [0.15, 0.2) is 18.2 Å². The lowest BCUT2D eigenvalue weighted by molar-refractivity contribution is 0.0385. The minimum absolute atomic E-state index is 0.147. The molecule has 1 saturated carbocycles. The number of hydrogen-bond acceptors (Lipinski definition) is 2. The number of aliphatic hydroxyl groups excluding tert-OH is 1. The van der Waals surface area contributed by atoms with Gasteiger partial charge in [-0.2, -0.15) is 0 Å². The fourth-order valence-electron chi connectivity index (χ4n) is 4.19. The molecule has 1 atom stereocenters. The van der Waals surface area contributed by atoms with E-state index in [0.29, 0.717) is 10.0 Å². The molecule has 1 aliphatic heterocycles. The highest BCUT2D eigenvalue weighted by atomic mass is 35.5. The van der Waals surface area contributed by atoms with Crippen LogP contribution in [-0.4, -0.2) is 35.7 Å². The van der Waals surface area contributed by atoms with E-state index in [1.807, 2.05) is 26.0 Å². The van der Waals surface area contributed by atoms with Crippen molar-refractivity contribution in [3.63, 3.8) is 0 Å². The van der Waals surface area contributed by atoms with Gasteiger partial charge >= 0.3 is 0 Å². The van der Waals surface area contributed by atoms with Crippen molar-refractivity contribution in [3.8, 4) is 0 Å². The summed E-state index contributed by atoms with van der Waals surface area (Å²) in [7, 11) is 0. The number of rotatable bonds is 4. The number of hydrogen-bond donors (Lipinski definition) is 1. The Morgan fingerprint density at radius 3 is 2.21 bits per heavy atom. The predicted octanol–water partition coefficient (Wildman–Crippen LogP) is 5.68. The summed E-state index contributed by atoms with van der Waals surface area (Å²) < 4.78 is 0. The fourth-order valence-corrected chi connectivity index (χ4v) is 4.49. The maximum absolute atomic E-state index is 11.0.